The number of nitrogens with zero attached hydrogens (tertiary/aromatic N) is 1. The number of likely N-dealkylation sites (tertiary alicyclic amines) is 1. The van der Waals surface area contributed by atoms with Gasteiger partial charge >= 0.3 is 0 Å². The van der Waals surface area contributed by atoms with Gasteiger partial charge in [0, 0.05) is 18.5 Å². The van der Waals surface area contributed by atoms with Crippen LogP contribution in [-0.4, -0.2) is 48.1 Å². The molecule has 1 saturated carbocycles. The Balaban J connectivity index is 1.15. The molecule has 1 amide bonds. The van der Waals surface area contributed by atoms with E-state index in [4.69, 9.17) is 5.73 Å². The predicted octanol–water partition coefficient (Wildman–Crippen LogP) is 2.89. The van der Waals surface area contributed by atoms with Crippen LogP contribution in [0.2, 0.25) is 0 Å². The van der Waals surface area contributed by atoms with Crippen molar-refractivity contribution in [1.29, 1.82) is 0 Å². The van der Waals surface area contributed by atoms with Crippen LogP contribution in [0.25, 0.3) is 0 Å². The molecule has 154 valence electrons. The van der Waals surface area contributed by atoms with Crippen LogP contribution < -0.4 is 11.1 Å². The van der Waals surface area contributed by atoms with Crippen LogP contribution in [0.1, 0.15) is 46.7 Å². The zero-order valence-electron chi connectivity index (χ0n) is 16.9. The van der Waals surface area contributed by atoms with Gasteiger partial charge in [-0.2, -0.15) is 0 Å². The lowest BCUT2D eigenvalue weighted by Crippen LogP contribution is -2.38. The van der Waals surface area contributed by atoms with E-state index in [1.54, 1.807) is 12.1 Å². The lowest BCUT2D eigenvalue weighted by atomic mass is 9.96. The van der Waals surface area contributed by atoms with Crippen molar-refractivity contribution in [3.63, 3.8) is 0 Å². The summed E-state index contributed by atoms with van der Waals surface area (Å²) < 4.78 is 0. The number of amides is 1. The van der Waals surface area contributed by atoms with E-state index < -0.39 is 5.91 Å². The number of primary amides is 1. The molecule has 2 unspecified atom stereocenters. The number of nitrogens with one attached hydrogen (secondary N) is 1. The molecule has 1 aliphatic carbocycles. The van der Waals surface area contributed by atoms with Crippen molar-refractivity contribution in [3.8, 4) is 5.75 Å². The summed E-state index contributed by atoms with van der Waals surface area (Å²) in [5.41, 5.74) is 7.93. The Labute approximate surface area is 172 Å². The quantitative estimate of drug-likeness (QED) is 0.644. The van der Waals surface area contributed by atoms with Crippen molar-refractivity contribution in [1.82, 2.24) is 10.2 Å². The molecule has 1 aliphatic heterocycles. The maximum Gasteiger partial charge on any atom is 0.252 e. The molecule has 2 aromatic rings. The average molecular weight is 394 g/mol. The van der Waals surface area contributed by atoms with Gasteiger partial charge < -0.3 is 21.1 Å². The predicted molar refractivity (Wildman–Crippen MR) is 115 cm³/mol. The number of aromatic hydroxyl groups is 1. The van der Waals surface area contributed by atoms with Crippen LogP contribution in [-0.2, 0) is 6.42 Å². The largest absolute Gasteiger partial charge is 0.507 e. The van der Waals surface area contributed by atoms with Crippen LogP contribution in [0.15, 0.2) is 48.5 Å². The van der Waals surface area contributed by atoms with Gasteiger partial charge in [-0.05, 0) is 74.5 Å². The van der Waals surface area contributed by atoms with Gasteiger partial charge in [-0.1, -0.05) is 36.4 Å². The molecule has 4 rings (SSSR count). The van der Waals surface area contributed by atoms with Crippen LogP contribution in [0.5, 0.6) is 5.75 Å². The third kappa shape index (κ3) is 5.17. The van der Waals surface area contributed by atoms with E-state index in [-0.39, 0.29) is 11.3 Å². The van der Waals surface area contributed by atoms with Gasteiger partial charge in [0.1, 0.15) is 5.75 Å². The monoisotopic (exact) mass is 393 g/mol. The maximum absolute atomic E-state index is 11.2. The summed E-state index contributed by atoms with van der Waals surface area (Å²) in [6.07, 6.45) is 4.61. The summed E-state index contributed by atoms with van der Waals surface area (Å²) in [7, 11) is 0. The van der Waals surface area contributed by atoms with Gasteiger partial charge in [0.25, 0.3) is 5.91 Å². The van der Waals surface area contributed by atoms with Gasteiger partial charge in [-0.15, -0.1) is 0 Å². The first-order valence-electron chi connectivity index (χ1n) is 10.7. The molecular formula is C24H31N3O2. The van der Waals surface area contributed by atoms with Crippen molar-refractivity contribution in [3.05, 3.63) is 65.2 Å². The highest BCUT2D eigenvalue weighted by Crippen LogP contribution is 2.40. The molecule has 0 aromatic heterocycles. The molecule has 29 heavy (non-hydrogen) atoms. The summed E-state index contributed by atoms with van der Waals surface area (Å²) in [6.45, 7) is 4.37. The van der Waals surface area contributed by atoms with E-state index >= 15 is 0 Å². The highest BCUT2D eigenvalue weighted by Gasteiger charge is 2.38. The van der Waals surface area contributed by atoms with E-state index in [0.717, 1.165) is 44.1 Å². The first-order chi connectivity index (χ1) is 14.1. The van der Waals surface area contributed by atoms with Crippen molar-refractivity contribution in [2.75, 3.05) is 26.2 Å². The summed E-state index contributed by atoms with van der Waals surface area (Å²) in [4.78, 5) is 13.7. The normalized spacial score (nSPS) is 22.5. The standard InChI is InChI=1S/C24H31N3O2/c25-24(29)20-7-6-17(14-23(20)28)8-11-27-12-9-18(10-13-27)16-26-22-15-21(22)19-4-2-1-3-5-19/h1-7,14,18,21-22,26,28H,8-13,15-16H2,(H2,25,29). The Hall–Kier alpha value is -2.37. The zero-order chi connectivity index (χ0) is 20.2. The number of piperidine rings is 1. The molecule has 5 heteroatoms. The summed E-state index contributed by atoms with van der Waals surface area (Å²) in [5.74, 6) is 0.857. The minimum Gasteiger partial charge on any atom is -0.507 e. The second-order valence-corrected chi connectivity index (χ2v) is 8.52. The molecule has 0 spiro atoms. The van der Waals surface area contributed by atoms with Gasteiger partial charge in [-0.25, -0.2) is 0 Å². The van der Waals surface area contributed by atoms with Crippen LogP contribution in [0.4, 0.5) is 0 Å². The lowest BCUT2D eigenvalue weighted by molar-refractivity contribution is 0.0997. The first kappa shape index (κ1) is 19.9. The maximum atomic E-state index is 11.2. The van der Waals surface area contributed by atoms with Gasteiger partial charge in [0.05, 0.1) is 5.56 Å². The summed E-state index contributed by atoms with van der Waals surface area (Å²) >= 11 is 0. The van der Waals surface area contributed by atoms with Crippen molar-refractivity contribution < 1.29 is 9.90 Å². The van der Waals surface area contributed by atoms with Gasteiger partial charge in [0.2, 0.25) is 0 Å². The number of hydrogen-bond donors (Lipinski definition) is 3. The van der Waals surface area contributed by atoms with Crippen molar-refractivity contribution >= 4 is 5.91 Å². The smallest absolute Gasteiger partial charge is 0.252 e. The zero-order valence-corrected chi connectivity index (χ0v) is 16.9. The highest BCUT2D eigenvalue weighted by molar-refractivity contribution is 5.95. The minimum atomic E-state index is -0.592. The van der Waals surface area contributed by atoms with Crippen LogP contribution in [0.3, 0.4) is 0 Å². The van der Waals surface area contributed by atoms with Crippen LogP contribution in [0, 0.1) is 5.92 Å². The van der Waals surface area contributed by atoms with Crippen LogP contribution >= 0.6 is 0 Å². The fourth-order valence-electron chi connectivity index (χ4n) is 4.45. The minimum absolute atomic E-state index is 0.0198. The number of carbonyl (C=O) groups excluding carboxylic acids is 1. The Kier molecular flexibility index (Phi) is 6.16. The fourth-order valence-corrected chi connectivity index (χ4v) is 4.45. The third-order valence-electron chi connectivity index (χ3n) is 6.44. The lowest BCUT2D eigenvalue weighted by Gasteiger charge is -2.32. The SMILES string of the molecule is NC(=O)c1ccc(CCN2CCC(CNC3CC3c3ccccc3)CC2)cc1O. The molecular weight excluding hydrogens is 362 g/mol. The molecule has 2 atom stereocenters. The second kappa shape index (κ2) is 8.97. The molecule has 1 saturated heterocycles. The highest BCUT2D eigenvalue weighted by atomic mass is 16.3. The molecule has 2 fully saturated rings. The number of nitrogens with two attached hydrogens (primary N) is 1. The Morgan fingerprint density at radius 3 is 2.59 bits per heavy atom. The van der Waals surface area contributed by atoms with Crippen molar-refractivity contribution in [2.24, 2.45) is 11.7 Å². The average Bonchev–Trinajstić information content (AvgIpc) is 3.52. The number of hydrogen-bond acceptors (Lipinski definition) is 4. The third-order valence-corrected chi connectivity index (χ3v) is 6.44. The van der Waals surface area contributed by atoms with E-state index in [0.29, 0.717) is 12.0 Å². The van der Waals surface area contributed by atoms with E-state index in [1.807, 2.05) is 6.07 Å². The fraction of sp³-hybridized carbons (Fsp3) is 0.458. The molecule has 2 aliphatic rings. The van der Waals surface area contributed by atoms with Gasteiger partial charge in [0.15, 0.2) is 0 Å². The number of phenols is 1. The molecule has 0 bridgehead atoms. The number of rotatable bonds is 8. The summed E-state index contributed by atoms with van der Waals surface area (Å²) in [5, 5.41) is 13.7. The van der Waals surface area contributed by atoms with Crippen molar-refractivity contribution in [2.45, 2.75) is 37.6 Å². The Morgan fingerprint density at radius 2 is 1.90 bits per heavy atom. The van der Waals surface area contributed by atoms with E-state index in [2.05, 4.69) is 40.5 Å². The first-order valence-corrected chi connectivity index (χ1v) is 10.7. The number of carbonyl (C=O) groups is 1. The molecule has 5 nitrogen and oxygen atoms in total. The second-order valence-electron chi connectivity index (χ2n) is 8.52. The summed E-state index contributed by atoms with van der Waals surface area (Å²) in [6, 6.07) is 16.7. The van der Waals surface area contributed by atoms with Gasteiger partial charge in [-0.3, -0.25) is 4.79 Å². The molecule has 0 radical (unpaired) electrons. The number of benzene rings is 2. The molecule has 2 aromatic carbocycles. The van der Waals surface area contributed by atoms with E-state index in [1.165, 1.54) is 24.8 Å². The Bertz CT molecular complexity index is 831. The molecule has 4 N–H and O–H groups in total. The topological polar surface area (TPSA) is 78.6 Å². The van der Waals surface area contributed by atoms with E-state index in [9.17, 15) is 9.90 Å². The molecule has 1 heterocycles. The Morgan fingerprint density at radius 1 is 1.14 bits per heavy atom.